The molecule has 1 N–H and O–H groups in total. The summed E-state index contributed by atoms with van der Waals surface area (Å²) in [5.74, 6) is 0. The van der Waals surface area contributed by atoms with E-state index in [0.29, 0.717) is 6.04 Å². The van der Waals surface area contributed by atoms with E-state index >= 15 is 0 Å². The van der Waals surface area contributed by atoms with Gasteiger partial charge >= 0.3 is 0 Å². The first-order chi connectivity index (χ1) is 13.4. The molecule has 2 aromatic carbocycles. The summed E-state index contributed by atoms with van der Waals surface area (Å²) in [6, 6.07) is 22.1. The number of nitrogens with one attached hydrogen (secondary N) is 1. The molecule has 0 aliphatic carbocycles. The summed E-state index contributed by atoms with van der Waals surface area (Å²) in [6.07, 6.45) is 2.34. The van der Waals surface area contributed by atoms with Crippen LogP contribution in [0.3, 0.4) is 0 Å². The Kier molecular flexibility index (Phi) is 4.52. The van der Waals surface area contributed by atoms with Crippen molar-refractivity contribution < 1.29 is 0 Å². The topological polar surface area (TPSA) is 35.2 Å². The first-order valence-electron chi connectivity index (χ1n) is 9.99. The lowest BCUT2D eigenvalue weighted by atomic mass is 9.99. The van der Waals surface area contributed by atoms with Gasteiger partial charge in [0, 0.05) is 62.0 Å². The fourth-order valence-electron chi connectivity index (χ4n) is 4.56. The van der Waals surface area contributed by atoms with Crippen LogP contribution in [-0.2, 0) is 19.5 Å². The van der Waals surface area contributed by atoms with Crippen LogP contribution in [0.1, 0.15) is 23.2 Å². The molecule has 1 unspecified atom stereocenters. The fourth-order valence-corrected chi connectivity index (χ4v) is 4.56. The third-order valence-electron chi connectivity index (χ3n) is 6.02. The quantitative estimate of drug-likeness (QED) is 0.772. The molecule has 2 aliphatic heterocycles. The summed E-state index contributed by atoms with van der Waals surface area (Å²) < 4.78 is 0. The van der Waals surface area contributed by atoms with E-state index in [9.17, 15) is 0 Å². The highest BCUT2D eigenvalue weighted by molar-refractivity contribution is 5.64. The van der Waals surface area contributed by atoms with Crippen LogP contribution in [0.4, 0.5) is 0 Å². The van der Waals surface area contributed by atoms with Gasteiger partial charge in [0.15, 0.2) is 0 Å². The number of hydrogen-bond acceptors (Lipinski definition) is 3. The second-order valence-corrected chi connectivity index (χ2v) is 7.78. The van der Waals surface area contributed by atoms with Crippen molar-refractivity contribution in [1.82, 2.24) is 20.0 Å². The zero-order valence-corrected chi connectivity index (χ0v) is 15.6. The normalized spacial score (nSPS) is 20.7. The van der Waals surface area contributed by atoms with Crippen molar-refractivity contribution in [3.05, 3.63) is 77.5 Å². The van der Waals surface area contributed by atoms with Crippen LogP contribution in [0.15, 0.2) is 60.7 Å². The Morgan fingerprint density at radius 2 is 1.74 bits per heavy atom. The van der Waals surface area contributed by atoms with Crippen molar-refractivity contribution in [2.75, 3.05) is 19.6 Å². The lowest BCUT2D eigenvalue weighted by Crippen LogP contribution is -2.40. The van der Waals surface area contributed by atoms with Gasteiger partial charge in [0.05, 0.1) is 5.69 Å². The molecule has 1 saturated heterocycles. The van der Waals surface area contributed by atoms with Crippen LogP contribution in [0.25, 0.3) is 11.3 Å². The Hall–Kier alpha value is -2.43. The molecule has 3 heterocycles. The molecule has 0 radical (unpaired) electrons. The number of H-pyrrole nitrogens is 1. The predicted octanol–water partition coefficient (Wildman–Crippen LogP) is 3.71. The van der Waals surface area contributed by atoms with Crippen molar-refractivity contribution in [2.24, 2.45) is 0 Å². The van der Waals surface area contributed by atoms with Gasteiger partial charge in [-0.2, -0.15) is 5.10 Å². The van der Waals surface area contributed by atoms with E-state index < -0.39 is 0 Å². The molecule has 1 fully saturated rings. The molecule has 3 aromatic rings. The first kappa shape index (κ1) is 16.7. The van der Waals surface area contributed by atoms with Gasteiger partial charge in [0.25, 0.3) is 0 Å². The minimum Gasteiger partial charge on any atom is -0.297 e. The van der Waals surface area contributed by atoms with E-state index in [0.717, 1.165) is 31.7 Å². The van der Waals surface area contributed by atoms with Gasteiger partial charge in [-0.15, -0.1) is 0 Å². The number of rotatable bonds is 4. The Labute approximate surface area is 160 Å². The van der Waals surface area contributed by atoms with Gasteiger partial charge < -0.3 is 0 Å². The summed E-state index contributed by atoms with van der Waals surface area (Å²) in [7, 11) is 0. The number of likely N-dealkylation sites (tertiary alicyclic amines) is 1. The number of nitrogens with zero attached hydrogens (tertiary/aromatic N) is 3. The SMILES string of the molecule is c1ccc(CN2CCC(N3CCc4[nH]nc(-c5ccccc5)c4C3)C2)cc1. The van der Waals surface area contributed by atoms with Gasteiger partial charge in [0.1, 0.15) is 0 Å². The van der Waals surface area contributed by atoms with Gasteiger partial charge in [-0.3, -0.25) is 14.9 Å². The Bertz CT molecular complexity index is 887. The summed E-state index contributed by atoms with van der Waals surface area (Å²) in [6.45, 7) is 5.58. The number of benzene rings is 2. The van der Waals surface area contributed by atoms with E-state index in [1.165, 1.54) is 41.9 Å². The summed E-state index contributed by atoms with van der Waals surface area (Å²) in [5, 5.41) is 7.93. The van der Waals surface area contributed by atoms with Crippen molar-refractivity contribution in [3.63, 3.8) is 0 Å². The summed E-state index contributed by atoms with van der Waals surface area (Å²) in [4.78, 5) is 5.28. The van der Waals surface area contributed by atoms with E-state index in [1.807, 2.05) is 0 Å². The van der Waals surface area contributed by atoms with Gasteiger partial charge in [-0.05, 0) is 12.0 Å². The lowest BCUT2D eigenvalue weighted by molar-refractivity contribution is 0.175. The number of aromatic amines is 1. The average Bonchev–Trinajstić information content (AvgIpc) is 3.36. The van der Waals surface area contributed by atoms with E-state index in [-0.39, 0.29) is 0 Å². The molecule has 4 heteroatoms. The van der Waals surface area contributed by atoms with Crippen LogP contribution >= 0.6 is 0 Å². The van der Waals surface area contributed by atoms with Crippen LogP contribution in [0.2, 0.25) is 0 Å². The second kappa shape index (κ2) is 7.29. The largest absolute Gasteiger partial charge is 0.297 e. The fraction of sp³-hybridized carbons (Fsp3) is 0.348. The monoisotopic (exact) mass is 358 g/mol. The zero-order valence-electron chi connectivity index (χ0n) is 15.6. The number of aromatic nitrogens is 2. The minimum absolute atomic E-state index is 0.653. The van der Waals surface area contributed by atoms with Crippen molar-refractivity contribution in [3.8, 4) is 11.3 Å². The maximum absolute atomic E-state index is 4.64. The first-order valence-corrected chi connectivity index (χ1v) is 9.99. The summed E-state index contributed by atoms with van der Waals surface area (Å²) >= 11 is 0. The van der Waals surface area contributed by atoms with E-state index in [2.05, 4.69) is 80.7 Å². The van der Waals surface area contributed by atoms with Crippen LogP contribution < -0.4 is 0 Å². The van der Waals surface area contributed by atoms with Gasteiger partial charge in [-0.1, -0.05) is 60.7 Å². The second-order valence-electron chi connectivity index (χ2n) is 7.78. The molecule has 5 rings (SSSR count). The molecule has 27 heavy (non-hydrogen) atoms. The summed E-state index contributed by atoms with van der Waals surface area (Å²) in [5.41, 5.74) is 6.49. The Morgan fingerprint density at radius 1 is 0.963 bits per heavy atom. The minimum atomic E-state index is 0.653. The molecule has 2 aliphatic rings. The van der Waals surface area contributed by atoms with Crippen molar-refractivity contribution in [1.29, 1.82) is 0 Å². The van der Waals surface area contributed by atoms with Crippen molar-refractivity contribution in [2.45, 2.75) is 32.0 Å². The number of hydrogen-bond donors (Lipinski definition) is 1. The van der Waals surface area contributed by atoms with Crippen LogP contribution in [0.5, 0.6) is 0 Å². The molecule has 1 aromatic heterocycles. The number of fused-ring (bicyclic) bond motifs is 1. The Morgan fingerprint density at radius 3 is 2.56 bits per heavy atom. The molecule has 138 valence electrons. The molecular formula is C23H26N4. The smallest absolute Gasteiger partial charge is 0.0968 e. The highest BCUT2D eigenvalue weighted by Gasteiger charge is 2.31. The highest BCUT2D eigenvalue weighted by Crippen LogP contribution is 2.30. The molecule has 0 saturated carbocycles. The molecule has 4 nitrogen and oxygen atoms in total. The lowest BCUT2D eigenvalue weighted by Gasteiger charge is -2.32. The maximum atomic E-state index is 4.64. The van der Waals surface area contributed by atoms with Crippen LogP contribution in [0, 0.1) is 0 Å². The molecule has 0 amide bonds. The highest BCUT2D eigenvalue weighted by atomic mass is 15.3. The third-order valence-corrected chi connectivity index (χ3v) is 6.02. The predicted molar refractivity (Wildman–Crippen MR) is 108 cm³/mol. The van der Waals surface area contributed by atoms with E-state index in [4.69, 9.17) is 0 Å². The molecule has 1 atom stereocenters. The molecule has 0 bridgehead atoms. The van der Waals surface area contributed by atoms with Crippen molar-refractivity contribution >= 4 is 0 Å². The van der Waals surface area contributed by atoms with E-state index in [1.54, 1.807) is 0 Å². The third kappa shape index (κ3) is 3.43. The van der Waals surface area contributed by atoms with Crippen LogP contribution in [-0.4, -0.2) is 45.7 Å². The average molecular weight is 358 g/mol. The maximum Gasteiger partial charge on any atom is 0.0968 e. The molecule has 0 spiro atoms. The molecular weight excluding hydrogens is 332 g/mol. The standard InChI is InChI=1S/C23H26N4/c1-3-7-18(8-4-1)15-26-13-11-20(16-26)27-14-12-22-21(17-27)23(25-24-22)19-9-5-2-6-10-19/h1-10,20H,11-17H2,(H,24,25). The van der Waals surface area contributed by atoms with Gasteiger partial charge in [-0.25, -0.2) is 0 Å². The Balaban J connectivity index is 1.28. The van der Waals surface area contributed by atoms with Gasteiger partial charge in [0.2, 0.25) is 0 Å². The zero-order chi connectivity index (χ0) is 18.1.